The highest BCUT2D eigenvalue weighted by Gasteiger charge is 2.29. The van der Waals surface area contributed by atoms with Crippen LogP contribution in [-0.2, 0) is 24.1 Å². The number of rotatable bonds is 6. The highest BCUT2D eigenvalue weighted by molar-refractivity contribution is 14.0. The molecular weight excluding hydrogens is 504 g/mol. The zero-order chi connectivity index (χ0) is 19.9. The van der Waals surface area contributed by atoms with Gasteiger partial charge in [0.1, 0.15) is 0 Å². The molecule has 0 atom stereocenters. The third-order valence-corrected chi connectivity index (χ3v) is 4.49. The average molecular weight is 526 g/mol. The van der Waals surface area contributed by atoms with E-state index in [1.54, 1.807) is 25.4 Å². The lowest BCUT2D eigenvalue weighted by molar-refractivity contribution is -0.137. The Morgan fingerprint density at radius 3 is 2.36 bits per heavy atom. The third kappa shape index (κ3) is 8.05. The lowest BCUT2D eigenvalue weighted by Gasteiger charge is -2.14. The number of halogens is 4. The number of carbonyl (C=O) groups is 1. The molecule has 1 aromatic carbocycles. The number of carbonyl (C=O) groups excluding carboxylic acids is 1. The SMILES string of the molecule is CN(C)C(=O)CNC(=NCc1ccc(C(F)(F)F)cc1)NCc1cccs1.I. The van der Waals surface area contributed by atoms with Gasteiger partial charge in [-0.1, -0.05) is 18.2 Å². The second-order valence-corrected chi connectivity index (χ2v) is 6.97. The predicted octanol–water partition coefficient (Wildman–Crippen LogP) is 3.71. The Kier molecular flexibility index (Phi) is 9.73. The third-order valence-electron chi connectivity index (χ3n) is 3.62. The molecule has 0 bridgehead atoms. The van der Waals surface area contributed by atoms with Crippen molar-refractivity contribution in [2.75, 3.05) is 20.6 Å². The molecule has 0 saturated carbocycles. The first-order chi connectivity index (χ1) is 12.8. The van der Waals surface area contributed by atoms with Gasteiger partial charge in [0.05, 0.1) is 25.2 Å². The van der Waals surface area contributed by atoms with Crippen LogP contribution in [0.1, 0.15) is 16.0 Å². The van der Waals surface area contributed by atoms with E-state index in [0.29, 0.717) is 18.1 Å². The first-order valence-corrected chi connectivity index (χ1v) is 9.04. The Morgan fingerprint density at radius 1 is 1.14 bits per heavy atom. The van der Waals surface area contributed by atoms with Gasteiger partial charge in [0.2, 0.25) is 5.91 Å². The van der Waals surface area contributed by atoms with Crippen molar-refractivity contribution in [2.24, 2.45) is 4.99 Å². The molecule has 2 rings (SSSR count). The molecule has 1 amide bonds. The fourth-order valence-corrected chi connectivity index (χ4v) is 2.69. The maximum atomic E-state index is 12.6. The highest BCUT2D eigenvalue weighted by Crippen LogP contribution is 2.29. The second kappa shape index (κ2) is 11.2. The lowest BCUT2D eigenvalue weighted by atomic mass is 10.1. The van der Waals surface area contributed by atoms with E-state index in [1.165, 1.54) is 17.0 Å². The van der Waals surface area contributed by atoms with Gasteiger partial charge in [0.15, 0.2) is 5.96 Å². The molecule has 2 N–H and O–H groups in total. The maximum Gasteiger partial charge on any atom is 0.416 e. The Bertz CT molecular complexity index is 762. The summed E-state index contributed by atoms with van der Waals surface area (Å²) in [6.45, 7) is 0.789. The Morgan fingerprint density at radius 2 is 1.82 bits per heavy atom. The molecule has 0 aliphatic rings. The number of aliphatic imine (C=N–C) groups is 1. The fraction of sp³-hybridized carbons (Fsp3) is 0.333. The number of guanidine groups is 1. The summed E-state index contributed by atoms with van der Waals surface area (Å²) in [4.78, 5) is 18.7. The molecule has 0 aliphatic carbocycles. The van der Waals surface area contributed by atoms with Gasteiger partial charge in [0, 0.05) is 19.0 Å². The summed E-state index contributed by atoms with van der Waals surface area (Å²) in [5.41, 5.74) is -0.0554. The number of amides is 1. The molecular formula is C18H22F3IN4OS. The van der Waals surface area contributed by atoms with Gasteiger partial charge in [0.25, 0.3) is 0 Å². The number of thiophene rings is 1. The van der Waals surface area contributed by atoms with Crippen molar-refractivity contribution in [3.05, 3.63) is 57.8 Å². The van der Waals surface area contributed by atoms with Crippen molar-refractivity contribution >= 4 is 47.2 Å². The summed E-state index contributed by atoms with van der Waals surface area (Å²) in [5.74, 6) is 0.300. The van der Waals surface area contributed by atoms with Gasteiger partial charge in [-0.25, -0.2) is 4.99 Å². The molecule has 0 spiro atoms. The average Bonchev–Trinajstić information content (AvgIpc) is 3.13. The van der Waals surface area contributed by atoms with E-state index >= 15 is 0 Å². The Hall–Kier alpha value is -1.82. The van der Waals surface area contributed by atoms with E-state index < -0.39 is 11.7 Å². The number of alkyl halides is 3. The summed E-state index contributed by atoms with van der Waals surface area (Å²) in [5, 5.41) is 8.02. The van der Waals surface area contributed by atoms with Crippen LogP contribution < -0.4 is 10.6 Å². The van der Waals surface area contributed by atoms with Crippen molar-refractivity contribution in [1.82, 2.24) is 15.5 Å². The molecule has 2 aromatic rings. The summed E-state index contributed by atoms with van der Waals surface area (Å²) >= 11 is 1.59. The molecule has 1 heterocycles. The number of nitrogens with one attached hydrogen (secondary N) is 2. The molecule has 5 nitrogen and oxygen atoms in total. The van der Waals surface area contributed by atoms with Crippen LogP contribution in [0.15, 0.2) is 46.8 Å². The Balaban J connectivity index is 0.00000392. The zero-order valence-corrected chi connectivity index (χ0v) is 18.6. The summed E-state index contributed by atoms with van der Waals surface area (Å²) in [6, 6.07) is 8.77. The van der Waals surface area contributed by atoms with Crippen LogP contribution in [0.5, 0.6) is 0 Å². The second-order valence-electron chi connectivity index (χ2n) is 5.93. The van der Waals surface area contributed by atoms with Crippen LogP contribution in [-0.4, -0.2) is 37.4 Å². The van der Waals surface area contributed by atoms with E-state index in [4.69, 9.17) is 0 Å². The number of likely N-dealkylation sites (N-methyl/N-ethyl adjacent to an activating group) is 1. The van der Waals surface area contributed by atoms with Gasteiger partial charge in [-0.05, 0) is 29.1 Å². The van der Waals surface area contributed by atoms with Crippen molar-refractivity contribution in [1.29, 1.82) is 0 Å². The number of benzene rings is 1. The van der Waals surface area contributed by atoms with Crippen LogP contribution in [0.25, 0.3) is 0 Å². The Labute approximate surface area is 183 Å². The molecule has 1 aromatic heterocycles. The topological polar surface area (TPSA) is 56.7 Å². The van der Waals surface area contributed by atoms with E-state index in [2.05, 4.69) is 15.6 Å². The minimum atomic E-state index is -4.36. The normalized spacial score (nSPS) is 11.5. The highest BCUT2D eigenvalue weighted by atomic mass is 127. The molecule has 28 heavy (non-hydrogen) atoms. The monoisotopic (exact) mass is 526 g/mol. The van der Waals surface area contributed by atoms with Crippen molar-refractivity contribution in [3.8, 4) is 0 Å². The van der Waals surface area contributed by atoms with E-state index in [-0.39, 0.29) is 43.0 Å². The van der Waals surface area contributed by atoms with Gasteiger partial charge in [-0.15, -0.1) is 35.3 Å². The first kappa shape index (κ1) is 24.2. The zero-order valence-electron chi connectivity index (χ0n) is 15.4. The summed E-state index contributed by atoms with van der Waals surface area (Å²) < 4.78 is 37.9. The first-order valence-electron chi connectivity index (χ1n) is 8.16. The van der Waals surface area contributed by atoms with Gasteiger partial charge in [-0.3, -0.25) is 4.79 Å². The van der Waals surface area contributed by atoms with E-state index in [9.17, 15) is 18.0 Å². The predicted molar refractivity (Wildman–Crippen MR) is 116 cm³/mol. The number of hydrogen-bond donors (Lipinski definition) is 2. The number of nitrogens with zero attached hydrogens (tertiary/aromatic N) is 2. The van der Waals surface area contributed by atoms with E-state index in [1.807, 2.05) is 17.5 Å². The van der Waals surface area contributed by atoms with Crippen LogP contribution in [0.3, 0.4) is 0 Å². The summed E-state index contributed by atoms with van der Waals surface area (Å²) in [7, 11) is 3.31. The largest absolute Gasteiger partial charge is 0.416 e. The fourth-order valence-electron chi connectivity index (χ4n) is 2.05. The quantitative estimate of drug-likeness (QED) is 0.343. The van der Waals surface area contributed by atoms with Crippen LogP contribution >= 0.6 is 35.3 Å². The van der Waals surface area contributed by atoms with Crippen molar-refractivity contribution in [2.45, 2.75) is 19.3 Å². The van der Waals surface area contributed by atoms with E-state index in [0.717, 1.165) is 17.0 Å². The smallest absolute Gasteiger partial charge is 0.351 e. The van der Waals surface area contributed by atoms with Crippen LogP contribution in [0.4, 0.5) is 13.2 Å². The molecule has 0 saturated heterocycles. The molecule has 10 heteroatoms. The van der Waals surface area contributed by atoms with Crippen LogP contribution in [0.2, 0.25) is 0 Å². The van der Waals surface area contributed by atoms with Crippen LogP contribution in [0, 0.1) is 0 Å². The van der Waals surface area contributed by atoms with Gasteiger partial charge in [-0.2, -0.15) is 13.2 Å². The molecule has 154 valence electrons. The maximum absolute atomic E-state index is 12.6. The van der Waals surface area contributed by atoms with Crippen molar-refractivity contribution < 1.29 is 18.0 Å². The van der Waals surface area contributed by atoms with Gasteiger partial charge < -0.3 is 15.5 Å². The van der Waals surface area contributed by atoms with Gasteiger partial charge >= 0.3 is 6.18 Å². The summed E-state index contributed by atoms with van der Waals surface area (Å²) in [6.07, 6.45) is -4.36. The molecule has 0 fully saturated rings. The standard InChI is InChI=1S/C18H21F3N4OS.HI/c1-25(2)16(26)12-24-17(23-11-15-4-3-9-27-15)22-10-13-5-7-14(8-6-13)18(19,20)21;/h3-9H,10-12H2,1-2H3,(H2,22,23,24);1H. The molecule has 0 radical (unpaired) electrons. The van der Waals surface area contributed by atoms with Crippen molar-refractivity contribution in [3.63, 3.8) is 0 Å². The lowest BCUT2D eigenvalue weighted by Crippen LogP contribution is -2.42. The molecule has 0 unspecified atom stereocenters. The molecule has 0 aliphatic heterocycles. The minimum Gasteiger partial charge on any atom is -0.351 e. The number of hydrogen-bond acceptors (Lipinski definition) is 3. The minimum absolute atomic E-state index is 0.